The molecule has 0 bridgehead atoms. The Hall–Kier alpha value is -1.76. The molecule has 0 spiro atoms. The Balaban J connectivity index is 2.23. The van der Waals surface area contributed by atoms with E-state index in [0.717, 1.165) is 6.42 Å². The molecule has 0 saturated heterocycles. The van der Waals surface area contributed by atoms with E-state index in [1.807, 2.05) is 0 Å². The molecule has 0 amide bonds. The first-order valence-corrected chi connectivity index (χ1v) is 5.47. The maximum Gasteiger partial charge on any atom is 0.307 e. The zero-order valence-corrected chi connectivity index (χ0v) is 9.31. The molecule has 98 valence electrons. The molecule has 1 aromatic carbocycles. The summed E-state index contributed by atoms with van der Waals surface area (Å²) in [5.41, 5.74) is -0.938. The molecule has 0 aromatic heterocycles. The van der Waals surface area contributed by atoms with E-state index < -0.39 is 40.2 Å². The molecule has 1 fully saturated rings. The summed E-state index contributed by atoms with van der Waals surface area (Å²) in [6.45, 7) is 0. The van der Waals surface area contributed by atoms with Crippen molar-refractivity contribution in [2.24, 2.45) is 0 Å². The second-order valence-corrected chi connectivity index (χ2v) is 4.15. The highest BCUT2D eigenvalue weighted by atomic mass is 19.1. The van der Waals surface area contributed by atoms with Crippen LogP contribution in [0, 0.1) is 21.7 Å². The molecule has 2 atom stereocenters. The lowest BCUT2D eigenvalue weighted by molar-refractivity contribution is -0.387. The van der Waals surface area contributed by atoms with E-state index in [0.29, 0.717) is 25.0 Å². The molecule has 0 unspecified atom stereocenters. The lowest BCUT2D eigenvalue weighted by Crippen LogP contribution is -2.26. The summed E-state index contributed by atoms with van der Waals surface area (Å²) < 4.78 is 31.9. The van der Waals surface area contributed by atoms with E-state index in [2.05, 4.69) is 0 Å². The molecule has 7 heteroatoms. The van der Waals surface area contributed by atoms with Crippen LogP contribution in [0.15, 0.2) is 12.1 Å². The van der Waals surface area contributed by atoms with Gasteiger partial charge in [0.05, 0.1) is 17.1 Å². The summed E-state index contributed by atoms with van der Waals surface area (Å²) >= 11 is 0. The highest BCUT2D eigenvalue weighted by Gasteiger charge is 2.29. The van der Waals surface area contributed by atoms with Crippen LogP contribution in [-0.2, 0) is 0 Å². The molecule has 18 heavy (non-hydrogen) atoms. The Kier molecular flexibility index (Phi) is 3.42. The number of hydrogen-bond acceptors (Lipinski definition) is 4. The molecule has 0 radical (unpaired) electrons. The maximum atomic E-state index is 13.5. The number of benzene rings is 1. The highest BCUT2D eigenvalue weighted by molar-refractivity contribution is 5.39. The third kappa shape index (κ3) is 2.40. The first-order chi connectivity index (χ1) is 8.49. The summed E-state index contributed by atoms with van der Waals surface area (Å²) in [6, 6.07) is 1.12. The van der Waals surface area contributed by atoms with Gasteiger partial charge < -0.3 is 9.84 Å². The predicted octanol–water partition coefficient (Wildman–Crippen LogP) is 2.17. The number of ether oxygens (including phenoxy) is 1. The van der Waals surface area contributed by atoms with E-state index in [4.69, 9.17) is 4.74 Å². The molecule has 1 saturated carbocycles. The molecule has 1 N–H and O–H groups in total. The van der Waals surface area contributed by atoms with Gasteiger partial charge in [-0.1, -0.05) is 0 Å². The van der Waals surface area contributed by atoms with Gasteiger partial charge in [-0.2, -0.15) is 4.39 Å². The Labute approximate surface area is 101 Å². The molecule has 1 aliphatic carbocycles. The van der Waals surface area contributed by atoms with Gasteiger partial charge in [0.15, 0.2) is 11.6 Å². The van der Waals surface area contributed by atoms with Crippen molar-refractivity contribution in [1.29, 1.82) is 0 Å². The number of nitrogens with zero attached hydrogens (tertiary/aromatic N) is 1. The molecular formula is C11H11F2NO4. The van der Waals surface area contributed by atoms with Crippen LogP contribution in [0.4, 0.5) is 14.5 Å². The highest BCUT2D eigenvalue weighted by Crippen LogP contribution is 2.30. The molecule has 1 aliphatic rings. The predicted molar refractivity (Wildman–Crippen MR) is 57.3 cm³/mol. The minimum atomic E-state index is -1.16. The van der Waals surface area contributed by atoms with Crippen molar-refractivity contribution in [3.8, 4) is 5.75 Å². The largest absolute Gasteiger partial charge is 0.485 e. The van der Waals surface area contributed by atoms with Crippen LogP contribution in [0.25, 0.3) is 0 Å². The normalized spacial score (nSPS) is 23.1. The Bertz CT molecular complexity index is 480. The number of aliphatic hydroxyl groups excluding tert-OH is 1. The number of halogens is 2. The fourth-order valence-corrected chi connectivity index (χ4v) is 1.96. The van der Waals surface area contributed by atoms with Gasteiger partial charge in [-0.25, -0.2) is 4.39 Å². The van der Waals surface area contributed by atoms with E-state index in [-0.39, 0.29) is 0 Å². The summed E-state index contributed by atoms with van der Waals surface area (Å²) in [4.78, 5) is 9.39. The third-order valence-electron chi connectivity index (χ3n) is 2.89. The third-order valence-corrected chi connectivity index (χ3v) is 2.89. The Morgan fingerprint density at radius 3 is 2.61 bits per heavy atom. The number of nitro groups is 1. The minimum absolute atomic E-state index is 0.413. The average Bonchev–Trinajstić information content (AvgIpc) is 2.69. The van der Waals surface area contributed by atoms with Crippen LogP contribution >= 0.6 is 0 Å². The molecule has 5 nitrogen and oxygen atoms in total. The molecule has 1 aromatic rings. The number of nitro benzene ring substituents is 1. The van der Waals surface area contributed by atoms with Crippen LogP contribution in [0.1, 0.15) is 19.3 Å². The minimum Gasteiger partial charge on any atom is -0.485 e. The van der Waals surface area contributed by atoms with Crippen molar-refractivity contribution in [2.45, 2.75) is 31.5 Å². The van der Waals surface area contributed by atoms with Gasteiger partial charge in [-0.3, -0.25) is 10.1 Å². The van der Waals surface area contributed by atoms with Gasteiger partial charge in [0.2, 0.25) is 5.82 Å². The quantitative estimate of drug-likeness (QED) is 0.667. The van der Waals surface area contributed by atoms with Crippen LogP contribution in [0.2, 0.25) is 0 Å². The van der Waals surface area contributed by atoms with Gasteiger partial charge in [0, 0.05) is 6.07 Å². The van der Waals surface area contributed by atoms with Crippen LogP contribution in [0.3, 0.4) is 0 Å². The smallest absolute Gasteiger partial charge is 0.307 e. The standard InChI is InChI=1S/C11H11F2NO4/c12-6-5-11(7(13)4-8(6)14(16)17)18-10-3-1-2-9(10)15/h4-5,9-10,15H,1-3H2/t9-,10-/m1/s1. The van der Waals surface area contributed by atoms with Crippen molar-refractivity contribution in [2.75, 3.05) is 0 Å². The lowest BCUT2D eigenvalue weighted by Gasteiger charge is -2.17. The fraction of sp³-hybridized carbons (Fsp3) is 0.455. The zero-order valence-electron chi connectivity index (χ0n) is 9.31. The molecule has 0 aliphatic heterocycles. The van der Waals surface area contributed by atoms with Crippen molar-refractivity contribution in [3.63, 3.8) is 0 Å². The second-order valence-electron chi connectivity index (χ2n) is 4.15. The monoisotopic (exact) mass is 259 g/mol. The van der Waals surface area contributed by atoms with Crippen LogP contribution in [-0.4, -0.2) is 22.2 Å². The van der Waals surface area contributed by atoms with E-state index in [1.54, 1.807) is 0 Å². The SMILES string of the molecule is O=[N+]([O-])c1cc(F)c(O[C@@H]2CCC[C@H]2O)cc1F. The first-order valence-electron chi connectivity index (χ1n) is 5.47. The Morgan fingerprint density at radius 2 is 2.06 bits per heavy atom. The first kappa shape index (κ1) is 12.7. The summed E-state index contributed by atoms with van der Waals surface area (Å²) in [5.74, 6) is -2.59. The lowest BCUT2D eigenvalue weighted by atomic mass is 10.2. The van der Waals surface area contributed by atoms with E-state index in [9.17, 15) is 24.0 Å². The van der Waals surface area contributed by atoms with Gasteiger partial charge in [0.25, 0.3) is 0 Å². The summed E-state index contributed by atoms with van der Waals surface area (Å²) in [7, 11) is 0. The summed E-state index contributed by atoms with van der Waals surface area (Å²) in [5, 5.41) is 19.9. The van der Waals surface area contributed by atoms with Gasteiger partial charge >= 0.3 is 5.69 Å². The number of rotatable bonds is 3. The van der Waals surface area contributed by atoms with Gasteiger partial charge in [-0.15, -0.1) is 0 Å². The zero-order chi connectivity index (χ0) is 13.3. The summed E-state index contributed by atoms with van der Waals surface area (Å²) in [6.07, 6.45) is 0.507. The molecule has 0 heterocycles. The van der Waals surface area contributed by atoms with Crippen molar-refractivity contribution in [3.05, 3.63) is 33.9 Å². The topological polar surface area (TPSA) is 72.6 Å². The van der Waals surface area contributed by atoms with Crippen molar-refractivity contribution in [1.82, 2.24) is 0 Å². The number of hydrogen-bond donors (Lipinski definition) is 1. The maximum absolute atomic E-state index is 13.5. The fourth-order valence-electron chi connectivity index (χ4n) is 1.96. The second kappa shape index (κ2) is 4.85. The van der Waals surface area contributed by atoms with E-state index >= 15 is 0 Å². The molecular weight excluding hydrogens is 248 g/mol. The van der Waals surface area contributed by atoms with Crippen LogP contribution < -0.4 is 4.74 Å². The van der Waals surface area contributed by atoms with Gasteiger partial charge in [0.1, 0.15) is 6.10 Å². The van der Waals surface area contributed by atoms with Gasteiger partial charge in [-0.05, 0) is 19.3 Å². The molecule has 2 rings (SSSR count). The van der Waals surface area contributed by atoms with Crippen LogP contribution in [0.5, 0.6) is 5.75 Å². The number of aliphatic hydroxyl groups is 1. The average molecular weight is 259 g/mol. The van der Waals surface area contributed by atoms with E-state index in [1.165, 1.54) is 0 Å². The van der Waals surface area contributed by atoms with Crippen molar-refractivity contribution >= 4 is 5.69 Å². The Morgan fingerprint density at radius 1 is 1.33 bits per heavy atom. The van der Waals surface area contributed by atoms with Crippen molar-refractivity contribution < 1.29 is 23.5 Å².